The van der Waals surface area contributed by atoms with Crippen LogP contribution in [0.5, 0.6) is 0 Å². The van der Waals surface area contributed by atoms with Crippen molar-refractivity contribution in [3.05, 3.63) is 189 Å². The predicted octanol–water partition coefficient (Wildman–Crippen LogP) is 10.8. The molecule has 3 aliphatic heterocycles. The molecule has 6 aromatic carbocycles. The maximum absolute atomic E-state index is 13.6. The van der Waals surface area contributed by atoms with Crippen molar-refractivity contribution in [3.8, 4) is 0 Å². The molecule has 0 fully saturated rings. The van der Waals surface area contributed by atoms with Crippen LogP contribution in [0.4, 0.5) is 9.59 Å². The quantitative estimate of drug-likeness (QED) is 0.0126. The maximum Gasteiger partial charge on any atom is 0.344 e. The molecule has 9 N–H and O–H groups in total. The normalized spacial score (nSPS) is 16.5. The summed E-state index contributed by atoms with van der Waals surface area (Å²) in [4.78, 5) is 79.8. The number of likely N-dealkylation sites (N-methyl/N-ethyl adjacent to an activating group) is 3. The van der Waals surface area contributed by atoms with Gasteiger partial charge in [0.25, 0.3) is 0 Å². The fourth-order valence-electron chi connectivity index (χ4n) is 14.7. The van der Waals surface area contributed by atoms with Crippen LogP contribution in [0.25, 0.3) is 0 Å². The van der Waals surface area contributed by atoms with Crippen molar-refractivity contribution in [2.45, 2.75) is 115 Å². The summed E-state index contributed by atoms with van der Waals surface area (Å²) in [7, 11) is -10.3. The molecule has 0 saturated carbocycles. The van der Waals surface area contributed by atoms with E-state index in [0.717, 1.165) is 50.1 Å². The van der Waals surface area contributed by atoms with Gasteiger partial charge >= 0.3 is 19.7 Å². The Kier molecular flexibility index (Phi) is 38.9. The first-order valence-corrected chi connectivity index (χ1v) is 48.2. The third-order valence-electron chi connectivity index (χ3n) is 20.6. The van der Waals surface area contributed by atoms with Crippen LogP contribution < -0.4 is 36.0 Å². The highest BCUT2D eigenvalue weighted by Gasteiger charge is 2.36. The van der Waals surface area contributed by atoms with Crippen LogP contribution in [0.15, 0.2) is 124 Å². The fraction of sp³-hybridized carbons (Fsp3) is 0.506. The number of hydrogen-bond donors (Lipinski definition) is 9. The molecular formula is C81H107Cl6N10O19PS3. The first-order chi connectivity index (χ1) is 57.2. The number of benzene rings is 6. The predicted molar refractivity (Wildman–Crippen MR) is 463 cm³/mol. The van der Waals surface area contributed by atoms with E-state index in [-0.39, 0.29) is 207 Å². The molecule has 39 heteroatoms. The summed E-state index contributed by atoms with van der Waals surface area (Å²) >= 11 is 38.9. The first kappa shape index (κ1) is 98.1. The van der Waals surface area contributed by atoms with E-state index in [1.807, 2.05) is 57.5 Å². The third-order valence-corrected chi connectivity index (χ3v) is 27.6. The van der Waals surface area contributed by atoms with E-state index in [9.17, 15) is 58.8 Å². The molecule has 0 aliphatic carbocycles. The topological polar surface area (TPSA) is 378 Å². The molecule has 660 valence electrons. The molecule has 3 aliphatic rings. The number of halogens is 6. The van der Waals surface area contributed by atoms with Crippen LogP contribution in [0.3, 0.4) is 0 Å². The summed E-state index contributed by atoms with van der Waals surface area (Å²) in [5, 5.41) is 16.4. The number of ether oxygens (including phenoxy) is 6. The standard InChI is InChI=1S/C81H107Cl6N10O19PS3/c1-95-49-69(66-43-59(82)46-75(85)72(66)52-95)56-10-4-14-63(40-56)118(105,106)39-9-28-112-34-35-113-29-23-88-78(99)18-21-81(94-80(101)91-55-117(102,103)104,20-17-62(98)13-7-27-111-33-36-115-31-25-92-119(107,108)64-15-5-11-57(41-64)70-50-96(2)53-73-67(70)44-60(83)47-76(73)86)19-8-22-89-79(100)90-24-30-114-37-38-116-32-26-93-120(109,110)65-16-6-12-58(42-65)71-51-97(3)54-74-68(71)45-61(84)48-77(74)87/h4-6,10-12,14-16,40-48,69-71,92-93H,7-9,13,17-39,49-55H2,1-3H3,(H,88,99)(H2,89,90,100)(H2,91,94,101)(H2,102,103,104)/t69-,70-,71-,81?/m0/s1. The van der Waals surface area contributed by atoms with Crippen molar-refractivity contribution in [1.82, 2.24) is 50.7 Å². The number of sulfone groups is 1. The average Bonchev–Trinajstić information content (AvgIpc) is 0.780. The summed E-state index contributed by atoms with van der Waals surface area (Å²) in [5.74, 6) is -1.28. The van der Waals surface area contributed by atoms with Gasteiger partial charge in [-0.25, -0.2) is 44.3 Å². The van der Waals surface area contributed by atoms with Crippen molar-refractivity contribution >= 4 is 131 Å². The molecule has 0 spiro atoms. The highest BCUT2D eigenvalue weighted by atomic mass is 35.5. The van der Waals surface area contributed by atoms with Gasteiger partial charge in [0, 0.05) is 158 Å². The minimum atomic E-state index is -4.74. The minimum Gasteiger partial charge on any atom is -0.379 e. The van der Waals surface area contributed by atoms with Crippen LogP contribution in [0, 0.1) is 0 Å². The second-order valence-electron chi connectivity index (χ2n) is 30.0. The summed E-state index contributed by atoms with van der Waals surface area (Å²) in [6.07, 6.45) is -0.531. The number of carbonyl (C=O) groups excluding carboxylic acids is 4. The monoisotopic (exact) mass is 1860 g/mol. The van der Waals surface area contributed by atoms with Crippen molar-refractivity contribution in [3.63, 3.8) is 0 Å². The zero-order valence-corrected chi connectivity index (χ0v) is 75.2. The molecule has 9 rings (SSSR count). The summed E-state index contributed by atoms with van der Waals surface area (Å²) < 4.78 is 132. The molecule has 0 bridgehead atoms. The number of Topliss-reactive ketones (excluding diaryl/α,β-unsaturated/α-hetero) is 1. The van der Waals surface area contributed by atoms with Crippen LogP contribution in [0.2, 0.25) is 30.1 Å². The van der Waals surface area contributed by atoms with Crippen molar-refractivity contribution < 1.29 is 87.2 Å². The Morgan fingerprint density at radius 1 is 0.442 bits per heavy atom. The lowest BCUT2D eigenvalue weighted by molar-refractivity contribution is -0.121. The van der Waals surface area contributed by atoms with Crippen molar-refractivity contribution in [1.29, 1.82) is 0 Å². The second-order valence-corrected chi connectivity index (χ2v) is 39.8. The van der Waals surface area contributed by atoms with E-state index in [0.29, 0.717) is 75.8 Å². The molecule has 120 heavy (non-hydrogen) atoms. The van der Waals surface area contributed by atoms with Gasteiger partial charge < -0.3 is 79.5 Å². The van der Waals surface area contributed by atoms with Gasteiger partial charge in [0.05, 0.1) is 86.5 Å². The number of rotatable bonds is 50. The lowest BCUT2D eigenvalue weighted by Crippen LogP contribution is -2.53. The number of fused-ring (bicyclic) bond motifs is 3. The molecule has 5 amide bonds. The summed E-state index contributed by atoms with van der Waals surface area (Å²) in [6, 6.07) is 29.7. The lowest BCUT2D eigenvalue weighted by atomic mass is 9.82. The Morgan fingerprint density at radius 3 is 1.28 bits per heavy atom. The van der Waals surface area contributed by atoms with Gasteiger partial charge in [-0.15, -0.1) is 0 Å². The van der Waals surface area contributed by atoms with Gasteiger partial charge in [-0.05, 0) is 183 Å². The Balaban J connectivity index is 0.699. The third kappa shape index (κ3) is 31.2. The Bertz CT molecular complexity index is 4690. The van der Waals surface area contributed by atoms with Gasteiger partial charge in [-0.3, -0.25) is 14.2 Å². The van der Waals surface area contributed by atoms with E-state index in [4.69, 9.17) is 98.0 Å². The van der Waals surface area contributed by atoms with E-state index in [1.165, 1.54) is 12.1 Å². The van der Waals surface area contributed by atoms with E-state index >= 15 is 0 Å². The van der Waals surface area contributed by atoms with Gasteiger partial charge in [-0.2, -0.15) is 0 Å². The minimum absolute atomic E-state index is 0.0106. The largest absolute Gasteiger partial charge is 0.379 e. The molecule has 0 aromatic heterocycles. The Morgan fingerprint density at radius 2 is 0.833 bits per heavy atom. The summed E-state index contributed by atoms with van der Waals surface area (Å²) in [6.45, 7) is 5.39. The van der Waals surface area contributed by atoms with Gasteiger partial charge in [0.15, 0.2) is 9.84 Å². The summed E-state index contributed by atoms with van der Waals surface area (Å²) in [5.41, 5.74) is 6.79. The number of hydrogen-bond acceptors (Lipinski definition) is 20. The maximum atomic E-state index is 13.6. The number of amides is 5. The van der Waals surface area contributed by atoms with Crippen LogP contribution in [0.1, 0.15) is 126 Å². The second kappa shape index (κ2) is 47.6. The van der Waals surface area contributed by atoms with Crippen molar-refractivity contribution in [2.75, 3.05) is 165 Å². The molecule has 0 saturated heterocycles. The molecule has 1 unspecified atom stereocenters. The number of ketones is 1. The SMILES string of the molecule is CN1Cc2c(Cl)cc(Cl)cc2[C@H](c2cccc(S(=O)(=O)CCCOCCOCCNC(=O)CCC(CCCNC(=O)NCCOCCOCCNS(=O)(=O)c3cccc([C@@H]4CN(C)Cc5c(Cl)cc(Cl)cc54)c3)(CCC(=O)CCCOCCOCCNS(=O)(=O)c3cccc([C@@H]4CN(C)Cc5c(Cl)cc(Cl)cc54)c3)NC(=O)NCP(=O)(O)O)c2)C1. The zero-order valence-electron chi connectivity index (χ0n) is 67.3. The van der Waals surface area contributed by atoms with E-state index < -0.39 is 67.3 Å². The van der Waals surface area contributed by atoms with E-state index in [2.05, 4.69) is 50.7 Å². The Hall–Kier alpha value is -5.70. The molecular weight excluding hydrogens is 1760 g/mol. The van der Waals surface area contributed by atoms with Crippen LogP contribution >= 0.6 is 77.2 Å². The Labute approximate surface area is 733 Å². The average molecular weight is 1860 g/mol. The number of sulfonamides is 2. The molecule has 6 aromatic rings. The van der Waals surface area contributed by atoms with Gasteiger partial charge in [-0.1, -0.05) is 106 Å². The van der Waals surface area contributed by atoms with Gasteiger partial charge in [0.2, 0.25) is 26.0 Å². The number of urea groups is 2. The van der Waals surface area contributed by atoms with Crippen LogP contribution in [-0.4, -0.2) is 244 Å². The highest BCUT2D eigenvalue weighted by Crippen LogP contribution is 2.43. The van der Waals surface area contributed by atoms with Crippen molar-refractivity contribution in [2.24, 2.45) is 0 Å². The first-order valence-electron chi connectivity index (χ1n) is 39.5. The molecule has 29 nitrogen and oxygen atoms in total. The fourth-order valence-corrected chi connectivity index (χ4v) is 20.3. The smallest absolute Gasteiger partial charge is 0.344 e. The molecule has 0 radical (unpaired) electrons. The molecule has 4 atom stereocenters. The number of nitrogens with one attached hydrogen (secondary N) is 7. The molecule has 3 heterocycles. The van der Waals surface area contributed by atoms with E-state index in [1.54, 1.807) is 60.7 Å². The van der Waals surface area contributed by atoms with Gasteiger partial charge in [0.1, 0.15) is 12.1 Å². The van der Waals surface area contributed by atoms with Crippen LogP contribution in [-0.2, 0) is 92.1 Å². The zero-order chi connectivity index (χ0) is 86.6. The number of nitrogens with zero attached hydrogens (tertiary/aromatic N) is 3. The highest BCUT2D eigenvalue weighted by molar-refractivity contribution is 7.91. The number of carbonyl (C=O) groups is 4. The lowest BCUT2D eigenvalue weighted by Gasteiger charge is -2.35.